The summed E-state index contributed by atoms with van der Waals surface area (Å²) in [5.74, 6) is -0.166. The Labute approximate surface area is 201 Å². The lowest BCUT2D eigenvalue weighted by Crippen LogP contribution is -2.39. The molecule has 2 aliphatic rings. The van der Waals surface area contributed by atoms with Crippen molar-refractivity contribution in [2.75, 3.05) is 19.5 Å². The van der Waals surface area contributed by atoms with Crippen LogP contribution in [0, 0.1) is 5.92 Å². The molecule has 1 amide bonds. The number of methoxy groups -OCH3 is 2. The van der Waals surface area contributed by atoms with E-state index in [9.17, 15) is 9.59 Å². The van der Waals surface area contributed by atoms with Crippen LogP contribution < -0.4 is 14.8 Å². The largest absolute Gasteiger partial charge is 0.497 e. The van der Waals surface area contributed by atoms with Crippen LogP contribution in [0.5, 0.6) is 11.5 Å². The lowest BCUT2D eigenvalue weighted by Gasteiger charge is -2.35. The zero-order valence-corrected chi connectivity index (χ0v) is 20.1. The lowest BCUT2D eigenvalue weighted by molar-refractivity contribution is -0.119. The molecule has 1 N–H and O–H groups in total. The van der Waals surface area contributed by atoms with Crippen LogP contribution in [-0.2, 0) is 9.59 Å². The number of rotatable bonds is 5. The molecule has 0 radical (unpaired) electrons. The second-order valence-corrected chi connectivity index (χ2v) is 9.46. The van der Waals surface area contributed by atoms with E-state index in [1.807, 2.05) is 43.3 Å². The number of allylic oxidation sites excluding steroid dienone is 2. The number of nitrogens with one attached hydrogen (secondary N) is 1. The molecule has 174 valence electrons. The van der Waals surface area contributed by atoms with Crippen molar-refractivity contribution < 1.29 is 19.1 Å². The molecule has 0 saturated carbocycles. The summed E-state index contributed by atoms with van der Waals surface area (Å²) in [4.78, 5) is 36.2. The molecule has 1 unspecified atom stereocenters. The van der Waals surface area contributed by atoms with Crippen molar-refractivity contribution in [2.45, 2.75) is 32.1 Å². The molecule has 2 atom stereocenters. The number of carbonyl (C=O) groups excluding carboxylic acids is 2. The number of aromatic nitrogens is 1. The van der Waals surface area contributed by atoms with Gasteiger partial charge in [-0.1, -0.05) is 29.5 Å². The van der Waals surface area contributed by atoms with Gasteiger partial charge < -0.3 is 14.8 Å². The summed E-state index contributed by atoms with van der Waals surface area (Å²) >= 11 is 1.42. The van der Waals surface area contributed by atoms with Gasteiger partial charge in [-0.2, -0.15) is 0 Å². The molecule has 2 aromatic carbocycles. The minimum absolute atomic E-state index is 0.0400. The molecule has 34 heavy (non-hydrogen) atoms. The summed E-state index contributed by atoms with van der Waals surface area (Å²) in [6.07, 6.45) is 1.94. The topological polar surface area (TPSA) is 89.9 Å². The van der Waals surface area contributed by atoms with Crippen molar-refractivity contribution in [1.29, 1.82) is 0 Å². The van der Waals surface area contributed by atoms with E-state index in [0.717, 1.165) is 34.3 Å². The molecular weight excluding hydrogens is 450 g/mol. The molecule has 7 nitrogen and oxygen atoms in total. The van der Waals surface area contributed by atoms with Crippen molar-refractivity contribution in [1.82, 2.24) is 4.98 Å². The second kappa shape index (κ2) is 9.02. The van der Waals surface area contributed by atoms with Crippen LogP contribution in [0.1, 0.15) is 37.7 Å². The van der Waals surface area contributed by atoms with Gasteiger partial charge >= 0.3 is 0 Å². The Morgan fingerprint density at radius 2 is 1.94 bits per heavy atom. The van der Waals surface area contributed by atoms with E-state index in [1.165, 1.54) is 11.3 Å². The normalized spacial score (nSPS) is 20.1. The van der Waals surface area contributed by atoms with Crippen LogP contribution >= 0.6 is 11.3 Å². The van der Waals surface area contributed by atoms with E-state index in [2.05, 4.69) is 10.3 Å². The predicted molar refractivity (Wildman–Crippen MR) is 133 cm³/mol. The second-order valence-electron chi connectivity index (χ2n) is 8.43. The number of amides is 1. The predicted octanol–water partition coefficient (Wildman–Crippen LogP) is 5.13. The number of Topliss-reactive ketones (excluding diaryl/α,β-unsaturated/α-hetero) is 1. The number of nitrogens with zero attached hydrogens (tertiary/aromatic N) is 2. The third-order valence-corrected chi connectivity index (χ3v) is 7.37. The maximum atomic E-state index is 13.7. The van der Waals surface area contributed by atoms with Crippen LogP contribution in [0.4, 0.5) is 5.13 Å². The van der Waals surface area contributed by atoms with Gasteiger partial charge in [0.05, 0.1) is 30.4 Å². The van der Waals surface area contributed by atoms with E-state index in [4.69, 9.17) is 14.5 Å². The highest BCUT2D eigenvalue weighted by molar-refractivity contribution is 7.22. The van der Waals surface area contributed by atoms with Gasteiger partial charge in [0.1, 0.15) is 11.5 Å². The number of thiazole rings is 1. The molecular formula is C26H25N3O4S. The van der Waals surface area contributed by atoms with Crippen molar-refractivity contribution in [3.05, 3.63) is 59.3 Å². The standard InChI is InChI=1S/C26H25N3O4S/c1-14-22(25(31)29-26-28-17-7-4-5-10-21(17)34-26)23(24-18(27-14)8-6-9-19(24)30)16-12-11-15(32-2)13-20(16)33-3/h4-5,7,10-13,22-23H,6,8-9H2,1-3H3,(H,28,29,31)/t22?,23-/m1/s1. The third-order valence-electron chi connectivity index (χ3n) is 6.42. The Hall–Kier alpha value is -3.52. The Kier molecular flexibility index (Phi) is 5.91. The monoisotopic (exact) mass is 475 g/mol. The van der Waals surface area contributed by atoms with Gasteiger partial charge in [0.15, 0.2) is 10.9 Å². The van der Waals surface area contributed by atoms with E-state index in [1.54, 1.807) is 20.3 Å². The maximum Gasteiger partial charge on any atom is 0.235 e. The summed E-state index contributed by atoms with van der Waals surface area (Å²) < 4.78 is 12.0. The number of benzene rings is 2. The van der Waals surface area contributed by atoms with Gasteiger partial charge in [-0.05, 0) is 38.0 Å². The molecule has 1 aliphatic carbocycles. The summed E-state index contributed by atoms with van der Waals surface area (Å²) in [6.45, 7) is 1.86. The number of anilines is 1. The first-order valence-electron chi connectivity index (χ1n) is 11.2. The van der Waals surface area contributed by atoms with Crippen LogP contribution in [0.3, 0.4) is 0 Å². The molecule has 8 heteroatoms. The average Bonchev–Trinajstić information content (AvgIpc) is 3.25. The first-order valence-corrected chi connectivity index (χ1v) is 12.0. The quantitative estimate of drug-likeness (QED) is 0.552. The van der Waals surface area contributed by atoms with E-state index < -0.39 is 11.8 Å². The number of ether oxygens (including phenoxy) is 2. The highest BCUT2D eigenvalue weighted by atomic mass is 32.1. The molecule has 0 spiro atoms. The van der Waals surface area contributed by atoms with Crippen molar-refractivity contribution >= 4 is 44.1 Å². The first-order chi connectivity index (χ1) is 16.5. The Morgan fingerprint density at radius 3 is 2.71 bits per heavy atom. The smallest absolute Gasteiger partial charge is 0.235 e. The molecule has 1 aliphatic heterocycles. The van der Waals surface area contributed by atoms with Crippen LogP contribution in [0.25, 0.3) is 10.2 Å². The van der Waals surface area contributed by atoms with Gasteiger partial charge in [-0.15, -0.1) is 0 Å². The fourth-order valence-corrected chi connectivity index (χ4v) is 5.74. The average molecular weight is 476 g/mol. The number of aliphatic imine (C=N–C) groups is 1. The molecule has 0 fully saturated rings. The molecule has 0 saturated heterocycles. The van der Waals surface area contributed by atoms with Crippen molar-refractivity contribution in [3.8, 4) is 11.5 Å². The molecule has 2 heterocycles. The van der Waals surface area contributed by atoms with Crippen LogP contribution in [0.2, 0.25) is 0 Å². The summed E-state index contributed by atoms with van der Waals surface area (Å²) in [5, 5.41) is 3.51. The fraction of sp³-hybridized carbons (Fsp3) is 0.308. The minimum atomic E-state index is -0.671. The van der Waals surface area contributed by atoms with Gasteiger partial charge in [0.2, 0.25) is 5.91 Å². The zero-order chi connectivity index (χ0) is 23.8. The maximum absolute atomic E-state index is 13.7. The van der Waals surface area contributed by atoms with Gasteiger partial charge in [0.25, 0.3) is 0 Å². The van der Waals surface area contributed by atoms with Crippen LogP contribution in [0.15, 0.2) is 58.7 Å². The van der Waals surface area contributed by atoms with Gasteiger partial charge in [-0.3, -0.25) is 14.6 Å². The van der Waals surface area contributed by atoms with Crippen molar-refractivity contribution in [3.63, 3.8) is 0 Å². The Morgan fingerprint density at radius 1 is 1.12 bits per heavy atom. The summed E-state index contributed by atoms with van der Waals surface area (Å²) in [7, 11) is 3.17. The SMILES string of the molecule is COc1ccc([C@H]2C3=C(CCCC3=O)N=C(C)C2C(=O)Nc2nc3ccccc3s2)c(OC)c1. The minimum Gasteiger partial charge on any atom is -0.497 e. The molecule has 0 bridgehead atoms. The van der Waals surface area contributed by atoms with E-state index >= 15 is 0 Å². The van der Waals surface area contributed by atoms with Crippen LogP contribution in [-0.4, -0.2) is 36.6 Å². The number of carbonyl (C=O) groups is 2. The third kappa shape index (κ3) is 3.88. The summed E-state index contributed by atoms with van der Waals surface area (Å²) in [5.41, 5.74) is 3.67. The number of fused-ring (bicyclic) bond motifs is 1. The van der Waals surface area contributed by atoms with E-state index in [-0.39, 0.29) is 11.7 Å². The lowest BCUT2D eigenvalue weighted by atomic mass is 9.71. The molecule has 1 aromatic heterocycles. The highest BCUT2D eigenvalue weighted by Crippen LogP contribution is 2.47. The Bertz CT molecular complexity index is 1320. The number of ketones is 1. The zero-order valence-electron chi connectivity index (χ0n) is 19.3. The fourth-order valence-electron chi connectivity index (χ4n) is 4.87. The number of hydrogen-bond donors (Lipinski definition) is 1. The van der Waals surface area contributed by atoms with Gasteiger partial charge in [0, 0.05) is 41.0 Å². The number of hydrogen-bond acceptors (Lipinski definition) is 7. The summed E-state index contributed by atoms with van der Waals surface area (Å²) in [6, 6.07) is 13.2. The highest BCUT2D eigenvalue weighted by Gasteiger charge is 2.43. The Balaban J connectivity index is 1.59. The van der Waals surface area contributed by atoms with E-state index in [0.29, 0.717) is 34.3 Å². The van der Waals surface area contributed by atoms with Crippen molar-refractivity contribution in [2.24, 2.45) is 10.9 Å². The molecule has 3 aromatic rings. The first kappa shape index (κ1) is 22.3. The number of para-hydroxylation sites is 1. The van der Waals surface area contributed by atoms with Gasteiger partial charge in [-0.25, -0.2) is 4.98 Å². The molecule has 5 rings (SSSR count).